The predicted molar refractivity (Wildman–Crippen MR) is 50.0 cm³/mol. The van der Waals surface area contributed by atoms with E-state index in [0.29, 0.717) is 12.1 Å². The Morgan fingerprint density at radius 1 is 1.67 bits per heavy atom. The topological polar surface area (TPSA) is 38.9 Å². The summed E-state index contributed by atoms with van der Waals surface area (Å²) in [7, 11) is 0. The lowest BCUT2D eigenvalue weighted by atomic mass is 10.2. The molecule has 1 aromatic rings. The van der Waals surface area contributed by atoms with Crippen LogP contribution in [0.3, 0.4) is 0 Å². The summed E-state index contributed by atoms with van der Waals surface area (Å²) in [5, 5.41) is 0. The molecule has 0 aliphatic heterocycles. The van der Waals surface area contributed by atoms with Gasteiger partial charge in [0.25, 0.3) is 0 Å². The number of nitrogens with two attached hydrogens (primary N) is 1. The van der Waals surface area contributed by atoms with Crippen molar-refractivity contribution in [2.24, 2.45) is 5.73 Å². The summed E-state index contributed by atoms with van der Waals surface area (Å²) >= 11 is 3.19. The second-order valence-electron chi connectivity index (χ2n) is 2.17. The molecule has 12 heavy (non-hydrogen) atoms. The third kappa shape index (κ3) is 2.39. The Hall–Kier alpha value is -0.740. The van der Waals surface area contributed by atoms with Gasteiger partial charge in [-0.3, -0.25) is 0 Å². The van der Waals surface area contributed by atoms with Crippen molar-refractivity contribution in [3.05, 3.63) is 34.3 Å². The first-order valence-electron chi connectivity index (χ1n) is 3.41. The van der Waals surface area contributed by atoms with E-state index in [2.05, 4.69) is 20.9 Å². The molecule has 0 unspecified atom stereocenters. The van der Waals surface area contributed by atoms with Crippen LogP contribution in [0.1, 0.15) is 5.56 Å². The Bertz CT molecular complexity index is 299. The molecule has 0 spiro atoms. The standard InChI is InChI=1S/C8H8BrFN2/c9-7-4-6(2-1-3-11)8(10)12-5-7/h1-2,4-5H,3,11H2/b2-1+. The van der Waals surface area contributed by atoms with Gasteiger partial charge in [0, 0.05) is 22.8 Å². The van der Waals surface area contributed by atoms with Crippen molar-refractivity contribution in [1.29, 1.82) is 0 Å². The number of pyridine rings is 1. The van der Waals surface area contributed by atoms with Crippen LogP contribution in [0.4, 0.5) is 4.39 Å². The minimum atomic E-state index is -0.483. The van der Waals surface area contributed by atoms with Crippen LogP contribution in [-0.4, -0.2) is 11.5 Å². The van der Waals surface area contributed by atoms with Gasteiger partial charge in [0.15, 0.2) is 0 Å². The zero-order chi connectivity index (χ0) is 8.97. The molecular formula is C8H8BrFN2. The molecule has 0 bridgehead atoms. The van der Waals surface area contributed by atoms with Gasteiger partial charge < -0.3 is 5.73 Å². The van der Waals surface area contributed by atoms with Crippen LogP contribution < -0.4 is 5.73 Å². The van der Waals surface area contributed by atoms with Crippen molar-refractivity contribution in [2.75, 3.05) is 6.54 Å². The van der Waals surface area contributed by atoms with Crippen LogP contribution in [-0.2, 0) is 0 Å². The molecule has 0 amide bonds. The molecule has 2 nitrogen and oxygen atoms in total. The van der Waals surface area contributed by atoms with Crippen molar-refractivity contribution >= 4 is 22.0 Å². The Kier molecular flexibility index (Phi) is 3.37. The van der Waals surface area contributed by atoms with E-state index in [9.17, 15) is 4.39 Å². The first kappa shape index (κ1) is 9.35. The monoisotopic (exact) mass is 230 g/mol. The van der Waals surface area contributed by atoms with Gasteiger partial charge in [-0.25, -0.2) is 4.98 Å². The predicted octanol–water partition coefficient (Wildman–Crippen LogP) is 1.96. The fraction of sp³-hybridized carbons (Fsp3) is 0.125. The second-order valence-corrected chi connectivity index (χ2v) is 3.09. The van der Waals surface area contributed by atoms with Crippen LogP contribution in [0.5, 0.6) is 0 Å². The molecule has 64 valence electrons. The van der Waals surface area contributed by atoms with Gasteiger partial charge in [-0.1, -0.05) is 12.2 Å². The molecular weight excluding hydrogens is 223 g/mol. The third-order valence-corrected chi connectivity index (χ3v) is 1.70. The second kappa shape index (κ2) is 4.33. The van der Waals surface area contributed by atoms with Gasteiger partial charge >= 0.3 is 0 Å². The van der Waals surface area contributed by atoms with Crippen LogP contribution in [0, 0.1) is 5.95 Å². The van der Waals surface area contributed by atoms with Crippen LogP contribution in [0.15, 0.2) is 22.8 Å². The average molecular weight is 231 g/mol. The molecule has 1 heterocycles. The van der Waals surface area contributed by atoms with E-state index in [1.54, 1.807) is 18.2 Å². The SMILES string of the molecule is NC/C=C/c1cc(Br)cnc1F. The lowest BCUT2D eigenvalue weighted by Crippen LogP contribution is -1.93. The maximum Gasteiger partial charge on any atom is 0.220 e. The summed E-state index contributed by atoms with van der Waals surface area (Å²) in [5.41, 5.74) is 5.66. The summed E-state index contributed by atoms with van der Waals surface area (Å²) < 4.78 is 13.6. The van der Waals surface area contributed by atoms with Gasteiger partial charge in [-0.2, -0.15) is 4.39 Å². The van der Waals surface area contributed by atoms with E-state index in [0.717, 1.165) is 4.47 Å². The number of rotatable bonds is 2. The molecule has 0 aliphatic carbocycles. The fourth-order valence-electron chi connectivity index (χ4n) is 0.750. The van der Waals surface area contributed by atoms with Crippen molar-refractivity contribution < 1.29 is 4.39 Å². The van der Waals surface area contributed by atoms with E-state index < -0.39 is 5.95 Å². The molecule has 0 radical (unpaired) electrons. The van der Waals surface area contributed by atoms with Gasteiger partial charge in [0.1, 0.15) is 0 Å². The lowest BCUT2D eigenvalue weighted by molar-refractivity contribution is 0.580. The molecule has 0 atom stereocenters. The van der Waals surface area contributed by atoms with Gasteiger partial charge in [-0.15, -0.1) is 0 Å². The number of hydrogen-bond acceptors (Lipinski definition) is 2. The largest absolute Gasteiger partial charge is 0.327 e. The molecule has 0 saturated carbocycles. The first-order valence-corrected chi connectivity index (χ1v) is 4.21. The number of aromatic nitrogens is 1. The Balaban J connectivity index is 2.97. The molecule has 4 heteroatoms. The maximum atomic E-state index is 12.9. The third-order valence-electron chi connectivity index (χ3n) is 1.27. The number of nitrogens with zero attached hydrogens (tertiary/aromatic N) is 1. The van der Waals surface area contributed by atoms with Crippen molar-refractivity contribution in [1.82, 2.24) is 4.98 Å². The summed E-state index contributed by atoms with van der Waals surface area (Å²) in [6.07, 6.45) is 4.69. The molecule has 0 saturated heterocycles. The van der Waals surface area contributed by atoms with Crippen molar-refractivity contribution in [3.8, 4) is 0 Å². The fourth-order valence-corrected chi connectivity index (χ4v) is 1.10. The smallest absolute Gasteiger partial charge is 0.220 e. The minimum absolute atomic E-state index is 0.395. The highest BCUT2D eigenvalue weighted by Crippen LogP contribution is 2.13. The quantitative estimate of drug-likeness (QED) is 0.790. The van der Waals surface area contributed by atoms with E-state index in [-0.39, 0.29) is 0 Å². The Morgan fingerprint density at radius 2 is 2.42 bits per heavy atom. The highest BCUT2D eigenvalue weighted by Gasteiger charge is 1.99. The van der Waals surface area contributed by atoms with Crippen LogP contribution in [0.25, 0.3) is 6.08 Å². The maximum absolute atomic E-state index is 12.9. The van der Waals surface area contributed by atoms with Crippen LogP contribution in [0.2, 0.25) is 0 Å². The Morgan fingerprint density at radius 3 is 3.08 bits per heavy atom. The molecule has 2 N–H and O–H groups in total. The molecule has 1 aromatic heterocycles. The summed E-state index contributed by atoms with van der Waals surface area (Å²) in [6.45, 7) is 0.395. The molecule has 0 fully saturated rings. The summed E-state index contributed by atoms with van der Waals surface area (Å²) in [6, 6.07) is 1.65. The summed E-state index contributed by atoms with van der Waals surface area (Å²) in [5.74, 6) is -0.483. The van der Waals surface area contributed by atoms with Crippen molar-refractivity contribution in [2.45, 2.75) is 0 Å². The van der Waals surface area contributed by atoms with E-state index >= 15 is 0 Å². The van der Waals surface area contributed by atoms with Crippen molar-refractivity contribution in [3.63, 3.8) is 0 Å². The zero-order valence-electron chi connectivity index (χ0n) is 6.30. The van der Waals surface area contributed by atoms with E-state index in [1.807, 2.05) is 0 Å². The van der Waals surface area contributed by atoms with E-state index in [1.165, 1.54) is 6.20 Å². The molecule has 1 rings (SSSR count). The van der Waals surface area contributed by atoms with Gasteiger partial charge in [-0.05, 0) is 22.0 Å². The van der Waals surface area contributed by atoms with Gasteiger partial charge in [0.2, 0.25) is 5.95 Å². The molecule has 0 aromatic carbocycles. The summed E-state index contributed by atoms with van der Waals surface area (Å²) in [4.78, 5) is 3.53. The first-order chi connectivity index (χ1) is 5.74. The normalized spacial score (nSPS) is 10.9. The Labute approximate surface area is 78.4 Å². The highest BCUT2D eigenvalue weighted by molar-refractivity contribution is 9.10. The highest BCUT2D eigenvalue weighted by atomic mass is 79.9. The lowest BCUT2D eigenvalue weighted by Gasteiger charge is -1.95. The van der Waals surface area contributed by atoms with E-state index in [4.69, 9.17) is 5.73 Å². The number of hydrogen-bond donors (Lipinski definition) is 1. The number of halogens is 2. The molecule has 0 aliphatic rings. The average Bonchev–Trinajstić information content (AvgIpc) is 2.07. The van der Waals surface area contributed by atoms with Crippen LogP contribution >= 0.6 is 15.9 Å². The van der Waals surface area contributed by atoms with Gasteiger partial charge in [0.05, 0.1) is 0 Å². The minimum Gasteiger partial charge on any atom is -0.327 e. The zero-order valence-corrected chi connectivity index (χ0v) is 7.88.